The second kappa shape index (κ2) is 5.96. The molecule has 1 aliphatic carbocycles. The zero-order valence-electron chi connectivity index (χ0n) is 14.3. The van der Waals surface area contributed by atoms with Gasteiger partial charge in [0.2, 0.25) is 0 Å². The second-order valence-corrected chi connectivity index (χ2v) is 7.02. The predicted octanol–water partition coefficient (Wildman–Crippen LogP) is 3.81. The minimum absolute atomic E-state index is 0.273. The summed E-state index contributed by atoms with van der Waals surface area (Å²) in [6.07, 6.45) is 3.04. The number of fused-ring (bicyclic) bond motifs is 1. The second-order valence-electron chi connectivity index (χ2n) is 7.02. The van der Waals surface area contributed by atoms with Crippen molar-refractivity contribution in [1.29, 1.82) is 0 Å². The summed E-state index contributed by atoms with van der Waals surface area (Å²) in [6.45, 7) is 5.63. The molecule has 0 radical (unpaired) electrons. The highest BCUT2D eigenvalue weighted by Crippen LogP contribution is 2.35. The number of nitrogens with one attached hydrogen (secondary N) is 1. The van der Waals surface area contributed by atoms with Crippen LogP contribution < -0.4 is 5.32 Å². The molecule has 5 heteroatoms. The Labute approximate surface area is 141 Å². The van der Waals surface area contributed by atoms with E-state index in [0.717, 1.165) is 29.4 Å². The van der Waals surface area contributed by atoms with E-state index in [4.69, 9.17) is 4.42 Å². The van der Waals surface area contributed by atoms with E-state index in [2.05, 4.69) is 5.32 Å². The first kappa shape index (κ1) is 16.6. The van der Waals surface area contributed by atoms with Gasteiger partial charge in [0.25, 0.3) is 5.91 Å². The van der Waals surface area contributed by atoms with Crippen LogP contribution in [0.15, 0.2) is 22.6 Å². The summed E-state index contributed by atoms with van der Waals surface area (Å²) in [4.78, 5) is 24.4. The molecule has 1 amide bonds. The summed E-state index contributed by atoms with van der Waals surface area (Å²) in [6, 6.07) is 5.81. The van der Waals surface area contributed by atoms with Gasteiger partial charge in [0, 0.05) is 10.9 Å². The Morgan fingerprint density at radius 2 is 2.04 bits per heavy atom. The molecule has 2 N–H and O–H groups in total. The number of hydrogen-bond donors (Lipinski definition) is 2. The van der Waals surface area contributed by atoms with E-state index >= 15 is 0 Å². The summed E-state index contributed by atoms with van der Waals surface area (Å²) in [5.74, 6) is -1.48. The average Bonchev–Trinajstić information content (AvgIpc) is 2.86. The SMILES string of the molecule is Cc1c(C(=O)NC2(C)CCCCC2C(=O)O)oc2c(C)cccc12. The molecule has 1 saturated carbocycles. The fourth-order valence-corrected chi connectivity index (χ4v) is 3.80. The minimum atomic E-state index is -0.852. The third-order valence-corrected chi connectivity index (χ3v) is 5.27. The van der Waals surface area contributed by atoms with Gasteiger partial charge >= 0.3 is 5.97 Å². The zero-order valence-corrected chi connectivity index (χ0v) is 14.3. The van der Waals surface area contributed by atoms with Crippen molar-refractivity contribution < 1.29 is 19.1 Å². The van der Waals surface area contributed by atoms with Crippen LogP contribution in [0.2, 0.25) is 0 Å². The normalized spacial score (nSPS) is 24.0. The summed E-state index contributed by atoms with van der Waals surface area (Å²) in [7, 11) is 0. The molecule has 2 unspecified atom stereocenters. The molecular weight excluding hydrogens is 306 g/mol. The lowest BCUT2D eigenvalue weighted by molar-refractivity contribution is -0.145. The van der Waals surface area contributed by atoms with Crippen molar-refractivity contribution in [2.24, 2.45) is 5.92 Å². The van der Waals surface area contributed by atoms with Gasteiger partial charge in [-0.2, -0.15) is 0 Å². The van der Waals surface area contributed by atoms with Gasteiger partial charge in [-0.25, -0.2) is 0 Å². The maximum Gasteiger partial charge on any atom is 0.308 e. The molecule has 1 aromatic carbocycles. The Balaban J connectivity index is 1.93. The van der Waals surface area contributed by atoms with Crippen molar-refractivity contribution >= 4 is 22.8 Å². The molecule has 0 aliphatic heterocycles. The lowest BCUT2D eigenvalue weighted by atomic mass is 9.74. The number of carboxylic acids is 1. The van der Waals surface area contributed by atoms with Crippen LogP contribution in [0.1, 0.15) is 54.3 Å². The van der Waals surface area contributed by atoms with Crippen LogP contribution >= 0.6 is 0 Å². The van der Waals surface area contributed by atoms with Crippen LogP contribution in [0.25, 0.3) is 11.0 Å². The number of aryl methyl sites for hydroxylation is 2. The van der Waals surface area contributed by atoms with Crippen molar-refractivity contribution in [3.63, 3.8) is 0 Å². The van der Waals surface area contributed by atoms with Crippen LogP contribution in [0.5, 0.6) is 0 Å². The number of carbonyl (C=O) groups is 2. The van der Waals surface area contributed by atoms with Crippen LogP contribution in [-0.4, -0.2) is 22.5 Å². The lowest BCUT2D eigenvalue weighted by Gasteiger charge is -2.39. The smallest absolute Gasteiger partial charge is 0.308 e. The molecule has 1 fully saturated rings. The van der Waals surface area contributed by atoms with Crippen molar-refractivity contribution in [2.45, 2.75) is 52.0 Å². The standard InChI is InChI=1S/C19H23NO4/c1-11-7-6-8-13-12(2)16(24-15(11)13)17(21)20-19(3)10-5-4-9-14(19)18(22)23/h6-8,14H,4-5,9-10H2,1-3H3,(H,20,21)(H,22,23). The molecule has 1 heterocycles. The average molecular weight is 329 g/mol. The number of carbonyl (C=O) groups excluding carboxylic acids is 1. The van der Waals surface area contributed by atoms with Crippen LogP contribution in [0.3, 0.4) is 0 Å². The monoisotopic (exact) mass is 329 g/mol. The van der Waals surface area contributed by atoms with Gasteiger partial charge in [-0.1, -0.05) is 31.0 Å². The van der Waals surface area contributed by atoms with Gasteiger partial charge in [-0.15, -0.1) is 0 Å². The number of aliphatic carboxylic acids is 1. The third kappa shape index (κ3) is 2.68. The number of hydrogen-bond acceptors (Lipinski definition) is 3. The molecule has 0 saturated heterocycles. The van der Waals surface area contributed by atoms with E-state index in [9.17, 15) is 14.7 Å². The van der Waals surface area contributed by atoms with Crippen molar-refractivity contribution in [2.75, 3.05) is 0 Å². The molecule has 5 nitrogen and oxygen atoms in total. The summed E-state index contributed by atoms with van der Waals surface area (Å²) >= 11 is 0. The number of benzene rings is 1. The van der Waals surface area contributed by atoms with E-state index < -0.39 is 17.4 Å². The van der Waals surface area contributed by atoms with Gasteiger partial charge in [0.1, 0.15) is 5.58 Å². The Morgan fingerprint density at radius 1 is 1.29 bits per heavy atom. The van der Waals surface area contributed by atoms with Crippen LogP contribution in [-0.2, 0) is 4.79 Å². The molecule has 24 heavy (non-hydrogen) atoms. The van der Waals surface area contributed by atoms with E-state index in [1.807, 2.05) is 39.0 Å². The Kier molecular flexibility index (Phi) is 4.11. The van der Waals surface area contributed by atoms with Gasteiger partial charge in [-0.05, 0) is 39.2 Å². The van der Waals surface area contributed by atoms with Gasteiger partial charge in [0.15, 0.2) is 5.76 Å². The van der Waals surface area contributed by atoms with Gasteiger partial charge < -0.3 is 14.8 Å². The molecule has 0 spiro atoms. The van der Waals surface area contributed by atoms with E-state index in [1.54, 1.807) is 0 Å². The van der Waals surface area contributed by atoms with Crippen LogP contribution in [0.4, 0.5) is 0 Å². The van der Waals surface area contributed by atoms with Gasteiger partial charge in [-0.3, -0.25) is 9.59 Å². The summed E-state index contributed by atoms with van der Waals surface area (Å²) in [5, 5.41) is 13.4. The number of amides is 1. The topological polar surface area (TPSA) is 79.5 Å². The minimum Gasteiger partial charge on any atom is -0.481 e. The van der Waals surface area contributed by atoms with Gasteiger partial charge in [0.05, 0.1) is 11.5 Å². The molecule has 2 atom stereocenters. The summed E-state index contributed by atoms with van der Waals surface area (Å²) in [5.41, 5.74) is 1.73. The van der Waals surface area contributed by atoms with Crippen molar-refractivity contribution in [3.8, 4) is 0 Å². The van der Waals surface area contributed by atoms with E-state index in [1.165, 1.54) is 0 Å². The number of para-hydroxylation sites is 1. The molecule has 0 bridgehead atoms. The molecule has 1 aliphatic rings. The first-order valence-electron chi connectivity index (χ1n) is 8.37. The lowest BCUT2D eigenvalue weighted by Crippen LogP contribution is -2.55. The molecular formula is C19H23NO4. The fourth-order valence-electron chi connectivity index (χ4n) is 3.80. The Morgan fingerprint density at radius 3 is 2.71 bits per heavy atom. The third-order valence-electron chi connectivity index (χ3n) is 5.27. The first-order chi connectivity index (χ1) is 11.3. The quantitative estimate of drug-likeness (QED) is 0.897. The number of carboxylic acid groups (broad SMARTS) is 1. The molecule has 3 rings (SSSR count). The fraction of sp³-hybridized carbons (Fsp3) is 0.474. The van der Waals surface area contributed by atoms with Crippen molar-refractivity contribution in [3.05, 3.63) is 35.1 Å². The Bertz CT molecular complexity index is 807. The number of rotatable bonds is 3. The molecule has 128 valence electrons. The zero-order chi connectivity index (χ0) is 17.5. The maximum atomic E-state index is 12.8. The molecule has 2 aromatic rings. The highest BCUT2D eigenvalue weighted by atomic mass is 16.4. The van der Waals surface area contributed by atoms with E-state index in [0.29, 0.717) is 18.4 Å². The van der Waals surface area contributed by atoms with Crippen LogP contribution in [0, 0.1) is 19.8 Å². The maximum absolute atomic E-state index is 12.8. The number of furan rings is 1. The largest absolute Gasteiger partial charge is 0.481 e. The predicted molar refractivity (Wildman–Crippen MR) is 91.2 cm³/mol. The highest BCUT2D eigenvalue weighted by Gasteiger charge is 2.42. The van der Waals surface area contributed by atoms with E-state index in [-0.39, 0.29) is 11.7 Å². The highest BCUT2D eigenvalue weighted by molar-refractivity contribution is 6.00. The van der Waals surface area contributed by atoms with Crippen molar-refractivity contribution in [1.82, 2.24) is 5.32 Å². The Hall–Kier alpha value is -2.30. The first-order valence-corrected chi connectivity index (χ1v) is 8.37. The molecule has 1 aromatic heterocycles. The summed E-state index contributed by atoms with van der Waals surface area (Å²) < 4.78 is 5.81.